The zero-order chi connectivity index (χ0) is 17.7. The van der Waals surface area contributed by atoms with Gasteiger partial charge in [-0.2, -0.15) is 0 Å². The molecule has 0 aromatic heterocycles. The standard InChI is InChI=1S/C20H21NO3S/c22-20(19-12-6-10-17-9-4-5-11-18(17)19)13-14-21-25(23,24)15-16-7-2-1-3-8-16/h1-12,20-22H,13-15H2. The summed E-state index contributed by atoms with van der Waals surface area (Å²) in [5.41, 5.74) is 1.56. The molecule has 0 aliphatic carbocycles. The van der Waals surface area contributed by atoms with Crippen LogP contribution in [0.5, 0.6) is 0 Å². The van der Waals surface area contributed by atoms with Gasteiger partial charge in [-0.15, -0.1) is 0 Å². The number of fused-ring (bicyclic) bond motifs is 1. The van der Waals surface area contributed by atoms with Crippen LogP contribution in [0.15, 0.2) is 72.8 Å². The SMILES string of the molecule is O=S(=O)(Cc1ccccc1)NCCC(O)c1cccc2ccccc12. The van der Waals surface area contributed by atoms with E-state index in [2.05, 4.69) is 4.72 Å². The summed E-state index contributed by atoms with van der Waals surface area (Å²) in [4.78, 5) is 0. The molecule has 0 aliphatic rings. The van der Waals surface area contributed by atoms with Crippen LogP contribution in [0, 0.1) is 0 Å². The Hall–Kier alpha value is -2.21. The van der Waals surface area contributed by atoms with E-state index in [-0.39, 0.29) is 12.3 Å². The summed E-state index contributed by atoms with van der Waals surface area (Å²) in [5.74, 6) is -0.0573. The van der Waals surface area contributed by atoms with Crippen molar-refractivity contribution in [3.8, 4) is 0 Å². The lowest BCUT2D eigenvalue weighted by molar-refractivity contribution is 0.170. The van der Waals surface area contributed by atoms with Crippen LogP contribution in [-0.2, 0) is 15.8 Å². The number of aliphatic hydroxyl groups excluding tert-OH is 1. The highest BCUT2D eigenvalue weighted by atomic mass is 32.2. The summed E-state index contributed by atoms with van der Waals surface area (Å²) in [6.07, 6.45) is -0.396. The molecule has 5 heteroatoms. The molecule has 3 aromatic rings. The molecule has 1 atom stereocenters. The van der Waals surface area contributed by atoms with E-state index < -0.39 is 16.1 Å². The molecule has 0 heterocycles. The van der Waals surface area contributed by atoms with Crippen molar-refractivity contribution >= 4 is 20.8 Å². The molecule has 1 unspecified atom stereocenters. The van der Waals surface area contributed by atoms with Gasteiger partial charge in [-0.3, -0.25) is 0 Å². The van der Waals surface area contributed by atoms with Crippen LogP contribution in [0.1, 0.15) is 23.7 Å². The first kappa shape index (κ1) is 17.6. The monoisotopic (exact) mass is 355 g/mol. The second kappa shape index (κ2) is 7.78. The predicted octanol–water partition coefficient (Wildman–Crippen LogP) is 3.38. The minimum absolute atomic E-state index is 0.0573. The molecular formula is C20H21NO3S. The molecule has 0 saturated heterocycles. The van der Waals surface area contributed by atoms with Gasteiger partial charge in [-0.1, -0.05) is 72.8 Å². The summed E-state index contributed by atoms with van der Waals surface area (Å²) in [6, 6.07) is 22.7. The molecule has 130 valence electrons. The fraction of sp³-hybridized carbons (Fsp3) is 0.200. The van der Waals surface area contributed by atoms with Gasteiger partial charge in [0.2, 0.25) is 10.0 Å². The molecule has 3 aromatic carbocycles. The van der Waals surface area contributed by atoms with Gasteiger partial charge in [0.15, 0.2) is 0 Å². The highest BCUT2D eigenvalue weighted by Crippen LogP contribution is 2.25. The number of hydrogen-bond donors (Lipinski definition) is 2. The van der Waals surface area contributed by atoms with Crippen LogP contribution < -0.4 is 4.72 Å². The lowest BCUT2D eigenvalue weighted by atomic mass is 9.99. The van der Waals surface area contributed by atoms with E-state index in [1.54, 1.807) is 12.1 Å². The van der Waals surface area contributed by atoms with Crippen molar-refractivity contribution in [2.75, 3.05) is 6.54 Å². The average molecular weight is 355 g/mol. The van der Waals surface area contributed by atoms with E-state index in [1.165, 1.54) is 0 Å². The van der Waals surface area contributed by atoms with Crippen LogP contribution in [-0.4, -0.2) is 20.1 Å². The van der Waals surface area contributed by atoms with Crippen LogP contribution in [0.2, 0.25) is 0 Å². The van der Waals surface area contributed by atoms with Crippen molar-refractivity contribution < 1.29 is 13.5 Å². The topological polar surface area (TPSA) is 66.4 Å². The minimum atomic E-state index is -3.42. The van der Waals surface area contributed by atoms with E-state index in [0.717, 1.165) is 21.9 Å². The number of aliphatic hydroxyl groups is 1. The third kappa shape index (κ3) is 4.66. The fourth-order valence-electron chi connectivity index (χ4n) is 2.89. The Kier molecular flexibility index (Phi) is 5.48. The summed E-state index contributed by atoms with van der Waals surface area (Å²) >= 11 is 0. The third-order valence-electron chi connectivity index (χ3n) is 4.12. The summed E-state index contributed by atoms with van der Waals surface area (Å²) in [6.45, 7) is 0.194. The molecule has 0 spiro atoms. The minimum Gasteiger partial charge on any atom is -0.388 e. The van der Waals surface area contributed by atoms with Gasteiger partial charge in [0.25, 0.3) is 0 Å². The molecule has 4 nitrogen and oxygen atoms in total. The number of nitrogens with one attached hydrogen (secondary N) is 1. The molecule has 0 amide bonds. The molecule has 3 rings (SSSR count). The quantitative estimate of drug-likeness (QED) is 0.683. The van der Waals surface area contributed by atoms with Crippen molar-refractivity contribution in [2.24, 2.45) is 0 Å². The van der Waals surface area contributed by atoms with Crippen LogP contribution >= 0.6 is 0 Å². The van der Waals surface area contributed by atoms with Gasteiger partial charge in [0, 0.05) is 6.54 Å². The molecule has 0 bridgehead atoms. The van der Waals surface area contributed by atoms with Crippen molar-refractivity contribution in [3.05, 3.63) is 83.9 Å². The van der Waals surface area contributed by atoms with Crippen LogP contribution in [0.4, 0.5) is 0 Å². The van der Waals surface area contributed by atoms with Crippen molar-refractivity contribution in [2.45, 2.75) is 18.3 Å². The maximum Gasteiger partial charge on any atom is 0.215 e. The third-order valence-corrected chi connectivity index (χ3v) is 5.48. The Balaban J connectivity index is 1.61. The molecule has 0 saturated carbocycles. The molecule has 25 heavy (non-hydrogen) atoms. The Morgan fingerprint density at radius 1 is 0.880 bits per heavy atom. The summed E-state index contributed by atoms with van der Waals surface area (Å²) < 4.78 is 26.8. The predicted molar refractivity (Wildman–Crippen MR) is 101 cm³/mol. The Bertz CT molecular complexity index is 934. The highest BCUT2D eigenvalue weighted by Gasteiger charge is 2.14. The van der Waals surface area contributed by atoms with Crippen molar-refractivity contribution in [1.29, 1.82) is 0 Å². The zero-order valence-electron chi connectivity index (χ0n) is 13.8. The second-order valence-corrected chi connectivity index (χ2v) is 7.82. The average Bonchev–Trinajstić information content (AvgIpc) is 2.61. The van der Waals surface area contributed by atoms with E-state index in [9.17, 15) is 13.5 Å². The molecule has 2 N–H and O–H groups in total. The molecular weight excluding hydrogens is 334 g/mol. The number of benzene rings is 3. The lowest BCUT2D eigenvalue weighted by Crippen LogP contribution is -2.27. The first-order valence-electron chi connectivity index (χ1n) is 8.22. The van der Waals surface area contributed by atoms with Crippen molar-refractivity contribution in [3.63, 3.8) is 0 Å². The Labute approximate surface area is 148 Å². The zero-order valence-corrected chi connectivity index (χ0v) is 14.6. The molecule has 0 aliphatic heterocycles. The van der Waals surface area contributed by atoms with E-state index >= 15 is 0 Å². The number of sulfonamides is 1. The van der Waals surface area contributed by atoms with Gasteiger partial charge < -0.3 is 5.11 Å². The second-order valence-electron chi connectivity index (χ2n) is 6.01. The first-order valence-corrected chi connectivity index (χ1v) is 9.87. The summed E-state index contributed by atoms with van der Waals surface area (Å²) in [5, 5.41) is 12.5. The van der Waals surface area contributed by atoms with Crippen LogP contribution in [0.3, 0.4) is 0 Å². The van der Waals surface area contributed by atoms with Gasteiger partial charge >= 0.3 is 0 Å². The van der Waals surface area contributed by atoms with Crippen molar-refractivity contribution in [1.82, 2.24) is 4.72 Å². The lowest BCUT2D eigenvalue weighted by Gasteiger charge is -2.14. The first-order chi connectivity index (χ1) is 12.1. The van der Waals surface area contributed by atoms with E-state index in [1.807, 2.05) is 60.7 Å². The van der Waals surface area contributed by atoms with Crippen LogP contribution in [0.25, 0.3) is 10.8 Å². The molecule has 0 fully saturated rings. The highest BCUT2D eigenvalue weighted by molar-refractivity contribution is 7.88. The smallest absolute Gasteiger partial charge is 0.215 e. The Morgan fingerprint density at radius 3 is 2.36 bits per heavy atom. The van der Waals surface area contributed by atoms with Gasteiger partial charge in [0.1, 0.15) is 0 Å². The largest absolute Gasteiger partial charge is 0.388 e. The van der Waals surface area contributed by atoms with Gasteiger partial charge in [-0.25, -0.2) is 13.1 Å². The normalized spacial score (nSPS) is 13.0. The summed E-state index contributed by atoms with van der Waals surface area (Å²) in [7, 11) is -3.42. The molecule has 0 radical (unpaired) electrons. The maximum atomic E-state index is 12.1. The maximum absolute atomic E-state index is 12.1. The number of hydrogen-bond acceptors (Lipinski definition) is 3. The Morgan fingerprint density at radius 2 is 1.56 bits per heavy atom. The van der Waals surface area contributed by atoms with E-state index in [0.29, 0.717) is 6.42 Å². The van der Waals surface area contributed by atoms with E-state index in [4.69, 9.17) is 0 Å². The number of rotatable bonds is 7. The van der Waals surface area contributed by atoms with Gasteiger partial charge in [-0.05, 0) is 28.3 Å². The fourth-order valence-corrected chi connectivity index (χ4v) is 4.05. The van der Waals surface area contributed by atoms with Gasteiger partial charge in [0.05, 0.1) is 11.9 Å².